The van der Waals surface area contributed by atoms with E-state index in [0.717, 1.165) is 12.8 Å². The van der Waals surface area contributed by atoms with Gasteiger partial charge >= 0.3 is 5.97 Å². The Morgan fingerprint density at radius 2 is 2.33 bits per heavy atom. The van der Waals surface area contributed by atoms with Crippen LogP contribution in [0.25, 0.3) is 0 Å². The number of nitrogens with one attached hydrogen (secondary N) is 1. The van der Waals surface area contributed by atoms with Crippen molar-refractivity contribution in [2.45, 2.75) is 25.0 Å². The summed E-state index contributed by atoms with van der Waals surface area (Å²) in [6.07, 6.45) is 1.38. The van der Waals surface area contributed by atoms with Crippen molar-refractivity contribution in [3.8, 4) is 5.75 Å². The standard InChI is InChI=1S/C13H17NO4/c1-17-10-6-3-2-5-9(10)14-12(13(15)16)11-7-4-8-18-11/h2-3,5-6,11-12,14H,4,7-8H2,1H3,(H,15,16). The molecule has 1 fully saturated rings. The highest BCUT2D eigenvalue weighted by Crippen LogP contribution is 2.26. The van der Waals surface area contributed by atoms with E-state index in [9.17, 15) is 9.90 Å². The quantitative estimate of drug-likeness (QED) is 0.834. The second-order valence-electron chi connectivity index (χ2n) is 4.21. The van der Waals surface area contributed by atoms with Crippen LogP contribution in [0, 0.1) is 0 Å². The van der Waals surface area contributed by atoms with Crippen molar-refractivity contribution in [1.29, 1.82) is 0 Å². The molecular formula is C13H17NO4. The molecule has 0 spiro atoms. The first-order chi connectivity index (χ1) is 8.72. The summed E-state index contributed by atoms with van der Waals surface area (Å²) in [5.41, 5.74) is 0.669. The Balaban J connectivity index is 2.15. The van der Waals surface area contributed by atoms with Gasteiger partial charge in [-0.1, -0.05) is 12.1 Å². The molecule has 2 rings (SSSR count). The third-order valence-corrected chi connectivity index (χ3v) is 3.02. The zero-order chi connectivity index (χ0) is 13.0. The van der Waals surface area contributed by atoms with Gasteiger partial charge in [0.05, 0.1) is 18.9 Å². The highest BCUT2D eigenvalue weighted by molar-refractivity contribution is 5.79. The number of aliphatic carboxylic acids is 1. The number of carbonyl (C=O) groups is 1. The lowest BCUT2D eigenvalue weighted by Gasteiger charge is -2.22. The number of anilines is 1. The highest BCUT2D eigenvalue weighted by Gasteiger charge is 2.32. The van der Waals surface area contributed by atoms with Crippen LogP contribution < -0.4 is 10.1 Å². The Morgan fingerprint density at radius 1 is 1.56 bits per heavy atom. The summed E-state index contributed by atoms with van der Waals surface area (Å²) in [5.74, 6) is -0.283. The highest BCUT2D eigenvalue weighted by atomic mass is 16.5. The Labute approximate surface area is 106 Å². The summed E-state index contributed by atoms with van der Waals surface area (Å²) in [4.78, 5) is 11.3. The minimum absolute atomic E-state index is 0.285. The molecule has 0 amide bonds. The number of carboxylic acids is 1. The van der Waals surface area contributed by atoms with Crippen LogP contribution in [-0.4, -0.2) is 36.9 Å². The Kier molecular flexibility index (Phi) is 4.04. The SMILES string of the molecule is COc1ccccc1NC(C(=O)O)C1CCCO1. The number of hydrogen-bond donors (Lipinski definition) is 2. The maximum Gasteiger partial charge on any atom is 0.328 e. The van der Waals surface area contributed by atoms with Crippen molar-refractivity contribution in [2.24, 2.45) is 0 Å². The number of hydrogen-bond acceptors (Lipinski definition) is 4. The first-order valence-electron chi connectivity index (χ1n) is 5.96. The monoisotopic (exact) mass is 251 g/mol. The molecular weight excluding hydrogens is 234 g/mol. The minimum Gasteiger partial charge on any atom is -0.495 e. The van der Waals surface area contributed by atoms with E-state index < -0.39 is 12.0 Å². The number of methoxy groups -OCH3 is 1. The van der Waals surface area contributed by atoms with Gasteiger partial charge in [-0.3, -0.25) is 0 Å². The average molecular weight is 251 g/mol. The van der Waals surface area contributed by atoms with Crippen molar-refractivity contribution in [3.63, 3.8) is 0 Å². The number of para-hydroxylation sites is 2. The maximum atomic E-state index is 11.3. The van der Waals surface area contributed by atoms with E-state index in [0.29, 0.717) is 18.0 Å². The molecule has 0 bridgehead atoms. The van der Waals surface area contributed by atoms with Crippen molar-refractivity contribution in [1.82, 2.24) is 0 Å². The second-order valence-corrected chi connectivity index (χ2v) is 4.21. The normalized spacial score (nSPS) is 20.4. The predicted molar refractivity (Wildman–Crippen MR) is 67.0 cm³/mol. The van der Waals surface area contributed by atoms with E-state index in [1.807, 2.05) is 12.1 Å². The molecule has 1 saturated heterocycles. The molecule has 1 aromatic rings. The van der Waals surface area contributed by atoms with Crippen LogP contribution in [-0.2, 0) is 9.53 Å². The maximum absolute atomic E-state index is 11.3. The Bertz CT molecular complexity index is 415. The summed E-state index contributed by atoms with van der Waals surface area (Å²) in [6, 6.07) is 6.51. The van der Waals surface area contributed by atoms with Gasteiger partial charge in [0.2, 0.25) is 0 Å². The van der Waals surface area contributed by atoms with Crippen LogP contribution in [0.5, 0.6) is 5.75 Å². The van der Waals surface area contributed by atoms with E-state index in [1.54, 1.807) is 19.2 Å². The van der Waals surface area contributed by atoms with E-state index in [2.05, 4.69) is 5.32 Å². The topological polar surface area (TPSA) is 67.8 Å². The van der Waals surface area contributed by atoms with Crippen LogP contribution in [0.1, 0.15) is 12.8 Å². The van der Waals surface area contributed by atoms with Crippen LogP contribution in [0.15, 0.2) is 24.3 Å². The van der Waals surface area contributed by atoms with Crippen molar-refractivity contribution >= 4 is 11.7 Å². The largest absolute Gasteiger partial charge is 0.495 e. The number of carboxylic acid groups (broad SMARTS) is 1. The molecule has 5 heteroatoms. The first-order valence-corrected chi connectivity index (χ1v) is 5.96. The molecule has 1 heterocycles. The lowest BCUT2D eigenvalue weighted by Crippen LogP contribution is -2.40. The van der Waals surface area contributed by atoms with Gasteiger partial charge in [-0.25, -0.2) is 4.79 Å². The van der Waals surface area contributed by atoms with Gasteiger partial charge in [-0.05, 0) is 25.0 Å². The van der Waals surface area contributed by atoms with Gasteiger partial charge in [0.15, 0.2) is 6.04 Å². The third-order valence-electron chi connectivity index (χ3n) is 3.02. The first kappa shape index (κ1) is 12.7. The summed E-state index contributed by atoms with van der Waals surface area (Å²) in [6.45, 7) is 0.627. The summed E-state index contributed by atoms with van der Waals surface area (Å²) in [5, 5.41) is 12.3. The summed E-state index contributed by atoms with van der Waals surface area (Å²) < 4.78 is 10.6. The minimum atomic E-state index is -0.909. The molecule has 2 unspecified atom stereocenters. The van der Waals surface area contributed by atoms with Gasteiger partial charge in [-0.15, -0.1) is 0 Å². The molecule has 0 saturated carbocycles. The van der Waals surface area contributed by atoms with Crippen LogP contribution in [0.2, 0.25) is 0 Å². The van der Waals surface area contributed by atoms with Gasteiger partial charge in [-0.2, -0.15) is 0 Å². The molecule has 2 N–H and O–H groups in total. The van der Waals surface area contributed by atoms with Gasteiger partial charge in [0.25, 0.3) is 0 Å². The molecule has 1 aromatic carbocycles. The predicted octanol–water partition coefficient (Wildman–Crippen LogP) is 1.74. The van der Waals surface area contributed by atoms with E-state index in [-0.39, 0.29) is 6.10 Å². The van der Waals surface area contributed by atoms with Crippen LogP contribution >= 0.6 is 0 Å². The zero-order valence-electron chi connectivity index (χ0n) is 10.3. The van der Waals surface area contributed by atoms with Gasteiger partial charge in [0, 0.05) is 6.61 Å². The van der Waals surface area contributed by atoms with E-state index >= 15 is 0 Å². The molecule has 2 atom stereocenters. The lowest BCUT2D eigenvalue weighted by molar-refractivity contribution is -0.140. The average Bonchev–Trinajstić information content (AvgIpc) is 2.89. The molecule has 1 aliphatic heterocycles. The Morgan fingerprint density at radius 3 is 2.94 bits per heavy atom. The third kappa shape index (κ3) is 2.73. The number of ether oxygens (including phenoxy) is 2. The van der Waals surface area contributed by atoms with Crippen LogP contribution in [0.3, 0.4) is 0 Å². The fraction of sp³-hybridized carbons (Fsp3) is 0.462. The lowest BCUT2D eigenvalue weighted by atomic mass is 10.1. The summed E-state index contributed by atoms with van der Waals surface area (Å²) >= 11 is 0. The van der Waals surface area contributed by atoms with Gasteiger partial charge < -0.3 is 19.9 Å². The Hall–Kier alpha value is -1.75. The van der Waals surface area contributed by atoms with Crippen molar-refractivity contribution in [3.05, 3.63) is 24.3 Å². The zero-order valence-corrected chi connectivity index (χ0v) is 10.3. The number of benzene rings is 1. The fourth-order valence-corrected chi connectivity index (χ4v) is 2.11. The van der Waals surface area contributed by atoms with E-state index in [1.165, 1.54) is 0 Å². The smallest absolute Gasteiger partial charge is 0.328 e. The van der Waals surface area contributed by atoms with Gasteiger partial charge in [0.1, 0.15) is 5.75 Å². The molecule has 0 aromatic heterocycles. The summed E-state index contributed by atoms with van der Waals surface area (Å²) in [7, 11) is 1.56. The molecule has 5 nitrogen and oxygen atoms in total. The fourth-order valence-electron chi connectivity index (χ4n) is 2.11. The molecule has 1 aliphatic rings. The molecule has 18 heavy (non-hydrogen) atoms. The second kappa shape index (κ2) is 5.73. The molecule has 0 radical (unpaired) electrons. The van der Waals surface area contributed by atoms with Crippen LogP contribution in [0.4, 0.5) is 5.69 Å². The van der Waals surface area contributed by atoms with Crippen molar-refractivity contribution < 1.29 is 19.4 Å². The van der Waals surface area contributed by atoms with Crippen molar-refractivity contribution in [2.75, 3.05) is 19.0 Å². The number of rotatable bonds is 5. The van der Waals surface area contributed by atoms with E-state index in [4.69, 9.17) is 9.47 Å². The molecule has 98 valence electrons. The molecule has 0 aliphatic carbocycles.